The Bertz CT molecular complexity index is 546. The summed E-state index contributed by atoms with van der Waals surface area (Å²) in [6.07, 6.45) is 4.90. The lowest BCUT2D eigenvalue weighted by atomic mass is 10.1. The van der Waals surface area contributed by atoms with E-state index in [4.69, 9.17) is 5.73 Å². The van der Waals surface area contributed by atoms with Gasteiger partial charge in [0.15, 0.2) is 0 Å². The largest absolute Gasteiger partial charge is 0.469 e. The average Bonchev–Trinajstić information content (AvgIpc) is 2.88. The van der Waals surface area contributed by atoms with E-state index in [2.05, 4.69) is 9.84 Å². The third-order valence-electron chi connectivity index (χ3n) is 2.87. The van der Waals surface area contributed by atoms with E-state index in [0.717, 1.165) is 23.2 Å². The molecule has 0 aliphatic carbocycles. The van der Waals surface area contributed by atoms with Crippen LogP contribution < -0.4 is 5.73 Å². The standard InChI is InChI=1S/C14H17N3O2/c1-19-14(18)3-2-8-17-10-12(9-16-17)11-4-6-13(15)7-5-11/h4-7,9-10H,2-3,8,15H2,1H3. The van der Waals surface area contributed by atoms with Gasteiger partial charge in [-0.15, -0.1) is 0 Å². The van der Waals surface area contributed by atoms with Crippen LogP contribution >= 0.6 is 0 Å². The van der Waals surface area contributed by atoms with Gasteiger partial charge in [-0.05, 0) is 24.1 Å². The summed E-state index contributed by atoms with van der Waals surface area (Å²) in [6, 6.07) is 7.66. The minimum absolute atomic E-state index is 0.189. The molecule has 1 aromatic heterocycles. The summed E-state index contributed by atoms with van der Waals surface area (Å²) in [7, 11) is 1.40. The Morgan fingerprint density at radius 3 is 2.74 bits per heavy atom. The van der Waals surface area contributed by atoms with Crippen molar-refractivity contribution in [3.8, 4) is 11.1 Å². The van der Waals surface area contributed by atoms with Gasteiger partial charge < -0.3 is 10.5 Å². The zero-order chi connectivity index (χ0) is 13.7. The van der Waals surface area contributed by atoms with Crippen LogP contribution in [0.15, 0.2) is 36.7 Å². The van der Waals surface area contributed by atoms with Gasteiger partial charge in [0.2, 0.25) is 0 Å². The summed E-state index contributed by atoms with van der Waals surface area (Å²) in [4.78, 5) is 11.0. The second-order valence-electron chi connectivity index (χ2n) is 4.29. The van der Waals surface area contributed by atoms with Crippen molar-refractivity contribution in [1.29, 1.82) is 0 Å². The summed E-state index contributed by atoms with van der Waals surface area (Å²) in [5.74, 6) is -0.189. The number of nitrogens with zero attached hydrogens (tertiary/aromatic N) is 2. The lowest BCUT2D eigenvalue weighted by Gasteiger charge is -2.01. The Labute approximate surface area is 112 Å². The van der Waals surface area contributed by atoms with Crippen molar-refractivity contribution in [2.75, 3.05) is 12.8 Å². The summed E-state index contributed by atoms with van der Waals surface area (Å²) >= 11 is 0. The second kappa shape index (κ2) is 6.04. The van der Waals surface area contributed by atoms with Crippen molar-refractivity contribution in [3.63, 3.8) is 0 Å². The first kappa shape index (κ1) is 13.1. The van der Waals surface area contributed by atoms with Gasteiger partial charge in [0.25, 0.3) is 0 Å². The van der Waals surface area contributed by atoms with Crippen LogP contribution in [-0.2, 0) is 16.1 Å². The molecule has 2 aromatic rings. The van der Waals surface area contributed by atoms with Crippen molar-refractivity contribution >= 4 is 11.7 Å². The number of benzene rings is 1. The molecule has 19 heavy (non-hydrogen) atoms. The van der Waals surface area contributed by atoms with Crippen molar-refractivity contribution < 1.29 is 9.53 Å². The smallest absolute Gasteiger partial charge is 0.305 e. The van der Waals surface area contributed by atoms with E-state index in [0.29, 0.717) is 13.0 Å². The number of nitrogens with two attached hydrogens (primary N) is 1. The van der Waals surface area contributed by atoms with Crippen LogP contribution in [0, 0.1) is 0 Å². The molecule has 0 atom stereocenters. The molecule has 0 aliphatic rings. The Hall–Kier alpha value is -2.30. The van der Waals surface area contributed by atoms with Crippen LogP contribution in [0.2, 0.25) is 0 Å². The van der Waals surface area contributed by atoms with Gasteiger partial charge in [-0.1, -0.05) is 12.1 Å². The predicted octanol–water partition coefficient (Wildman–Crippen LogP) is 2.09. The molecule has 0 bridgehead atoms. The molecule has 1 heterocycles. The van der Waals surface area contributed by atoms with Crippen LogP contribution in [0.25, 0.3) is 11.1 Å². The van der Waals surface area contributed by atoms with Crippen LogP contribution in [0.3, 0.4) is 0 Å². The van der Waals surface area contributed by atoms with Crippen LogP contribution in [-0.4, -0.2) is 22.9 Å². The van der Waals surface area contributed by atoms with Gasteiger partial charge in [0, 0.05) is 30.4 Å². The highest BCUT2D eigenvalue weighted by Gasteiger charge is 2.03. The topological polar surface area (TPSA) is 70.1 Å². The number of nitrogen functional groups attached to an aromatic ring is 1. The Morgan fingerprint density at radius 1 is 1.32 bits per heavy atom. The second-order valence-corrected chi connectivity index (χ2v) is 4.29. The number of hydrogen-bond acceptors (Lipinski definition) is 4. The number of aryl methyl sites for hydroxylation is 1. The van der Waals surface area contributed by atoms with E-state index < -0.39 is 0 Å². The highest BCUT2D eigenvalue weighted by atomic mass is 16.5. The zero-order valence-electron chi connectivity index (χ0n) is 10.9. The molecule has 0 radical (unpaired) electrons. The molecule has 0 saturated carbocycles. The summed E-state index contributed by atoms with van der Waals surface area (Å²) in [5, 5.41) is 4.27. The minimum atomic E-state index is -0.189. The van der Waals surface area contributed by atoms with E-state index in [1.165, 1.54) is 7.11 Å². The normalized spacial score (nSPS) is 10.4. The van der Waals surface area contributed by atoms with Gasteiger partial charge in [-0.2, -0.15) is 5.10 Å². The van der Waals surface area contributed by atoms with Crippen molar-refractivity contribution in [2.45, 2.75) is 19.4 Å². The molecule has 0 unspecified atom stereocenters. The number of esters is 1. The maximum Gasteiger partial charge on any atom is 0.305 e. The monoisotopic (exact) mass is 259 g/mol. The van der Waals surface area contributed by atoms with Crippen molar-refractivity contribution in [2.24, 2.45) is 0 Å². The molecule has 0 amide bonds. The Morgan fingerprint density at radius 2 is 2.05 bits per heavy atom. The molecule has 0 spiro atoms. The molecular weight excluding hydrogens is 242 g/mol. The number of methoxy groups -OCH3 is 1. The summed E-state index contributed by atoms with van der Waals surface area (Å²) in [5.41, 5.74) is 8.51. The summed E-state index contributed by atoms with van der Waals surface area (Å²) < 4.78 is 6.42. The number of rotatable bonds is 5. The van der Waals surface area contributed by atoms with Crippen LogP contribution in [0.5, 0.6) is 0 Å². The number of aromatic nitrogens is 2. The predicted molar refractivity (Wildman–Crippen MR) is 73.3 cm³/mol. The highest BCUT2D eigenvalue weighted by Crippen LogP contribution is 2.19. The first-order valence-electron chi connectivity index (χ1n) is 6.14. The number of anilines is 1. The zero-order valence-corrected chi connectivity index (χ0v) is 10.9. The molecular formula is C14H17N3O2. The maximum atomic E-state index is 11.0. The van der Waals surface area contributed by atoms with Gasteiger partial charge >= 0.3 is 5.97 Å². The molecule has 0 fully saturated rings. The number of carbonyl (C=O) groups is 1. The summed E-state index contributed by atoms with van der Waals surface area (Å²) in [6.45, 7) is 0.698. The quantitative estimate of drug-likeness (QED) is 0.659. The molecule has 1 aromatic carbocycles. The first-order chi connectivity index (χ1) is 9.19. The Kier molecular flexibility index (Phi) is 4.18. The fraction of sp³-hybridized carbons (Fsp3) is 0.286. The molecule has 5 heteroatoms. The van der Waals surface area contributed by atoms with Crippen LogP contribution in [0.1, 0.15) is 12.8 Å². The lowest BCUT2D eigenvalue weighted by Crippen LogP contribution is -2.04. The third-order valence-corrected chi connectivity index (χ3v) is 2.87. The van der Waals surface area contributed by atoms with Gasteiger partial charge in [0.05, 0.1) is 13.3 Å². The minimum Gasteiger partial charge on any atom is -0.469 e. The number of hydrogen-bond donors (Lipinski definition) is 1. The fourth-order valence-electron chi connectivity index (χ4n) is 1.80. The van der Waals surface area contributed by atoms with Gasteiger partial charge in [0.1, 0.15) is 0 Å². The number of ether oxygens (including phenoxy) is 1. The van der Waals surface area contributed by atoms with E-state index in [1.54, 1.807) is 0 Å². The maximum absolute atomic E-state index is 11.0. The van der Waals surface area contributed by atoms with E-state index in [9.17, 15) is 4.79 Å². The lowest BCUT2D eigenvalue weighted by molar-refractivity contribution is -0.140. The van der Waals surface area contributed by atoms with Crippen molar-refractivity contribution in [1.82, 2.24) is 9.78 Å². The fourth-order valence-corrected chi connectivity index (χ4v) is 1.80. The molecule has 0 saturated heterocycles. The van der Waals surface area contributed by atoms with E-state index >= 15 is 0 Å². The number of carbonyl (C=O) groups excluding carboxylic acids is 1. The molecule has 5 nitrogen and oxygen atoms in total. The van der Waals surface area contributed by atoms with Crippen molar-refractivity contribution in [3.05, 3.63) is 36.7 Å². The van der Waals surface area contributed by atoms with Gasteiger partial charge in [-0.3, -0.25) is 9.48 Å². The molecule has 100 valence electrons. The first-order valence-corrected chi connectivity index (χ1v) is 6.14. The SMILES string of the molecule is COC(=O)CCCn1cc(-c2ccc(N)cc2)cn1. The van der Waals surface area contributed by atoms with E-state index in [1.807, 2.05) is 41.3 Å². The van der Waals surface area contributed by atoms with Crippen LogP contribution in [0.4, 0.5) is 5.69 Å². The average molecular weight is 259 g/mol. The van der Waals surface area contributed by atoms with Gasteiger partial charge in [-0.25, -0.2) is 0 Å². The highest BCUT2D eigenvalue weighted by molar-refractivity contribution is 5.69. The Balaban J connectivity index is 1.95. The molecule has 2 rings (SSSR count). The van der Waals surface area contributed by atoms with E-state index in [-0.39, 0.29) is 5.97 Å². The molecule has 2 N–H and O–H groups in total. The molecule has 0 aliphatic heterocycles. The third kappa shape index (κ3) is 3.58.